The second kappa shape index (κ2) is 6.67. The van der Waals surface area contributed by atoms with Crippen molar-refractivity contribution in [1.29, 1.82) is 0 Å². The highest BCUT2D eigenvalue weighted by atomic mass is 35.5. The quantitative estimate of drug-likeness (QED) is 0.675. The molecule has 0 amide bonds. The van der Waals surface area contributed by atoms with Gasteiger partial charge in [-0.05, 0) is 50.7 Å². The molecule has 0 aliphatic carbocycles. The van der Waals surface area contributed by atoms with E-state index in [9.17, 15) is 4.79 Å². The zero-order valence-electron chi connectivity index (χ0n) is 13.0. The lowest BCUT2D eigenvalue weighted by atomic mass is 9.95. The molecule has 1 atom stereocenters. The van der Waals surface area contributed by atoms with Crippen LogP contribution in [0.1, 0.15) is 32.4 Å². The first-order valence-electron chi connectivity index (χ1n) is 7.02. The second-order valence-electron chi connectivity index (χ2n) is 5.45. The molecule has 0 saturated heterocycles. The Morgan fingerprint density at radius 2 is 1.95 bits per heavy atom. The molecule has 0 spiro atoms. The number of halogens is 1. The van der Waals surface area contributed by atoms with Crippen LogP contribution in [0.5, 0.6) is 0 Å². The summed E-state index contributed by atoms with van der Waals surface area (Å²) in [5.41, 5.74) is 2.26. The van der Waals surface area contributed by atoms with E-state index in [1.165, 1.54) is 0 Å². The molecule has 1 unspecified atom stereocenters. The summed E-state index contributed by atoms with van der Waals surface area (Å²) in [5.74, 6) is -0.339. The summed E-state index contributed by atoms with van der Waals surface area (Å²) in [7, 11) is 1.82. The molecular weight excluding hydrogens is 320 g/mol. The third kappa shape index (κ3) is 3.42. The van der Waals surface area contributed by atoms with Gasteiger partial charge >= 0.3 is 5.97 Å². The number of nitrogens with zero attached hydrogens (tertiary/aromatic N) is 1. The van der Waals surface area contributed by atoms with Crippen LogP contribution in [0.4, 0.5) is 0 Å². The molecule has 22 heavy (non-hydrogen) atoms. The van der Waals surface area contributed by atoms with Crippen molar-refractivity contribution in [2.45, 2.75) is 32.9 Å². The fourth-order valence-electron chi connectivity index (χ4n) is 2.28. The van der Waals surface area contributed by atoms with E-state index >= 15 is 0 Å². The van der Waals surface area contributed by atoms with Crippen molar-refractivity contribution in [1.82, 2.24) is 10.2 Å². The van der Waals surface area contributed by atoms with Gasteiger partial charge in [0.15, 0.2) is 5.11 Å². The highest BCUT2D eigenvalue weighted by Crippen LogP contribution is 2.31. The Hall–Kier alpha value is -1.59. The largest absolute Gasteiger partial charge is 0.459 e. The standard InChI is InChI=1S/C16H19ClN2O2S/c1-9(2)21-15(20)13-10(3)19(4)16(22)18-14(13)11-5-7-12(17)8-6-11/h5-9,14H,1-4H3,(H,18,22). The van der Waals surface area contributed by atoms with Crippen molar-refractivity contribution >= 4 is 34.9 Å². The number of carbonyl (C=O) groups excluding carboxylic acids is 1. The summed E-state index contributed by atoms with van der Waals surface area (Å²) in [5, 5.41) is 4.40. The third-order valence-electron chi connectivity index (χ3n) is 3.52. The Kier molecular flexibility index (Phi) is 5.08. The molecule has 4 nitrogen and oxygen atoms in total. The summed E-state index contributed by atoms with van der Waals surface area (Å²) in [6.45, 7) is 5.53. The molecule has 1 N–H and O–H groups in total. The molecule has 1 aromatic rings. The number of ether oxygens (including phenoxy) is 1. The smallest absolute Gasteiger partial charge is 0.338 e. The highest BCUT2D eigenvalue weighted by Gasteiger charge is 2.33. The summed E-state index contributed by atoms with van der Waals surface area (Å²) in [6.07, 6.45) is -0.183. The van der Waals surface area contributed by atoms with Crippen LogP contribution >= 0.6 is 23.8 Å². The van der Waals surface area contributed by atoms with E-state index in [1.807, 2.05) is 40.0 Å². The molecule has 1 aliphatic heterocycles. The van der Waals surface area contributed by atoms with Gasteiger partial charge in [-0.1, -0.05) is 23.7 Å². The number of carbonyl (C=O) groups is 1. The van der Waals surface area contributed by atoms with Crippen molar-refractivity contribution in [3.8, 4) is 0 Å². The molecule has 0 radical (unpaired) electrons. The lowest BCUT2D eigenvalue weighted by molar-refractivity contribution is -0.143. The summed E-state index contributed by atoms with van der Waals surface area (Å²) in [6, 6.07) is 7.00. The first-order chi connectivity index (χ1) is 10.3. The predicted molar refractivity (Wildman–Crippen MR) is 91.6 cm³/mol. The van der Waals surface area contributed by atoms with Gasteiger partial charge < -0.3 is 15.0 Å². The maximum absolute atomic E-state index is 12.5. The minimum absolute atomic E-state index is 0.183. The first-order valence-corrected chi connectivity index (χ1v) is 7.81. The summed E-state index contributed by atoms with van der Waals surface area (Å²) in [4.78, 5) is 14.3. The zero-order valence-corrected chi connectivity index (χ0v) is 14.6. The van der Waals surface area contributed by atoms with Crippen LogP contribution in [-0.4, -0.2) is 29.1 Å². The number of hydrogen-bond donors (Lipinski definition) is 1. The number of allylic oxidation sites excluding steroid dienone is 1. The Bertz CT molecular complexity index is 626. The average molecular weight is 339 g/mol. The van der Waals surface area contributed by atoms with E-state index in [0.717, 1.165) is 11.3 Å². The number of thiocarbonyl (C=S) groups is 1. The van der Waals surface area contributed by atoms with E-state index in [0.29, 0.717) is 15.7 Å². The normalized spacial score (nSPS) is 18.5. The Labute approximate surface area is 141 Å². The van der Waals surface area contributed by atoms with Crippen LogP contribution in [0, 0.1) is 0 Å². The van der Waals surface area contributed by atoms with E-state index < -0.39 is 0 Å². The van der Waals surface area contributed by atoms with E-state index in [1.54, 1.807) is 17.0 Å². The molecule has 118 valence electrons. The monoisotopic (exact) mass is 338 g/mol. The fraction of sp³-hybridized carbons (Fsp3) is 0.375. The third-order valence-corrected chi connectivity index (χ3v) is 4.16. The SMILES string of the molecule is CC1=C(C(=O)OC(C)C)C(c2ccc(Cl)cc2)NC(=S)N1C. The van der Waals surface area contributed by atoms with Gasteiger partial charge in [0.1, 0.15) is 0 Å². The van der Waals surface area contributed by atoms with Crippen molar-refractivity contribution in [3.63, 3.8) is 0 Å². The van der Waals surface area contributed by atoms with Crippen molar-refractivity contribution in [2.75, 3.05) is 7.05 Å². The molecular formula is C16H19ClN2O2S. The van der Waals surface area contributed by atoms with Crippen LogP contribution in [0.2, 0.25) is 5.02 Å². The molecule has 0 fully saturated rings. The Balaban J connectivity index is 2.47. The first kappa shape index (κ1) is 16.8. The molecule has 6 heteroatoms. The van der Waals surface area contributed by atoms with Gasteiger partial charge in [0.05, 0.1) is 17.7 Å². The molecule has 2 rings (SSSR count). The van der Waals surface area contributed by atoms with Gasteiger partial charge in [0.2, 0.25) is 0 Å². The van der Waals surface area contributed by atoms with Crippen LogP contribution in [0.15, 0.2) is 35.5 Å². The van der Waals surface area contributed by atoms with Crippen molar-refractivity contribution in [3.05, 3.63) is 46.1 Å². The number of nitrogens with one attached hydrogen (secondary N) is 1. The van der Waals surface area contributed by atoms with Gasteiger partial charge in [-0.15, -0.1) is 0 Å². The van der Waals surface area contributed by atoms with Gasteiger partial charge in [-0.25, -0.2) is 4.79 Å². The highest BCUT2D eigenvalue weighted by molar-refractivity contribution is 7.80. The second-order valence-corrected chi connectivity index (χ2v) is 6.27. The number of rotatable bonds is 3. The minimum Gasteiger partial charge on any atom is -0.459 e. The van der Waals surface area contributed by atoms with Crippen LogP contribution in [0.25, 0.3) is 0 Å². The van der Waals surface area contributed by atoms with E-state index in [4.69, 9.17) is 28.6 Å². The summed E-state index contributed by atoms with van der Waals surface area (Å²) < 4.78 is 5.39. The van der Waals surface area contributed by atoms with Crippen molar-refractivity contribution < 1.29 is 9.53 Å². The zero-order chi connectivity index (χ0) is 16.4. The maximum atomic E-state index is 12.5. The predicted octanol–water partition coefficient (Wildman–Crippen LogP) is 3.43. The minimum atomic E-state index is -0.341. The molecule has 0 saturated carbocycles. The van der Waals surface area contributed by atoms with Gasteiger partial charge in [-0.2, -0.15) is 0 Å². The topological polar surface area (TPSA) is 41.6 Å². The number of benzene rings is 1. The Morgan fingerprint density at radius 1 is 1.36 bits per heavy atom. The van der Waals surface area contributed by atoms with Crippen LogP contribution < -0.4 is 5.32 Å². The van der Waals surface area contributed by atoms with Gasteiger partial charge in [-0.3, -0.25) is 0 Å². The van der Waals surface area contributed by atoms with Gasteiger partial charge in [0, 0.05) is 17.8 Å². The Morgan fingerprint density at radius 3 is 2.50 bits per heavy atom. The summed E-state index contributed by atoms with van der Waals surface area (Å²) >= 11 is 11.3. The lowest BCUT2D eigenvalue weighted by Crippen LogP contribution is -2.46. The average Bonchev–Trinajstić information content (AvgIpc) is 2.44. The molecule has 0 bridgehead atoms. The number of esters is 1. The van der Waals surface area contributed by atoms with Crippen LogP contribution in [-0.2, 0) is 9.53 Å². The maximum Gasteiger partial charge on any atom is 0.338 e. The van der Waals surface area contributed by atoms with Crippen LogP contribution in [0.3, 0.4) is 0 Å². The molecule has 1 aliphatic rings. The molecule has 0 aromatic heterocycles. The number of hydrogen-bond acceptors (Lipinski definition) is 3. The van der Waals surface area contributed by atoms with Crippen molar-refractivity contribution in [2.24, 2.45) is 0 Å². The molecule has 1 heterocycles. The molecule has 1 aromatic carbocycles. The van der Waals surface area contributed by atoms with Gasteiger partial charge in [0.25, 0.3) is 0 Å². The van der Waals surface area contributed by atoms with E-state index in [-0.39, 0.29) is 18.1 Å². The van der Waals surface area contributed by atoms with E-state index in [2.05, 4.69) is 5.32 Å². The lowest BCUT2D eigenvalue weighted by Gasteiger charge is -2.35. The fourth-order valence-corrected chi connectivity index (χ4v) is 2.66.